The molecule has 1 aromatic carbocycles. The van der Waals surface area contributed by atoms with E-state index in [4.69, 9.17) is 0 Å². The van der Waals surface area contributed by atoms with Crippen molar-refractivity contribution in [1.29, 1.82) is 0 Å². The van der Waals surface area contributed by atoms with Gasteiger partial charge in [0.2, 0.25) is 0 Å². The molecule has 0 radical (unpaired) electrons. The summed E-state index contributed by atoms with van der Waals surface area (Å²) < 4.78 is 0. The first-order chi connectivity index (χ1) is 7.75. The van der Waals surface area contributed by atoms with Crippen LogP contribution in [0.2, 0.25) is 0 Å². The Balaban J connectivity index is 1.86. The summed E-state index contributed by atoms with van der Waals surface area (Å²) in [5, 5.41) is 0. The molecule has 16 heavy (non-hydrogen) atoms. The van der Waals surface area contributed by atoms with Crippen molar-refractivity contribution < 1.29 is 0 Å². The van der Waals surface area contributed by atoms with Crippen LogP contribution < -0.4 is 0 Å². The highest BCUT2D eigenvalue weighted by molar-refractivity contribution is 5.19. The standard InChI is InChI=1S/C14H22N2/c1-13(14-6-4-3-5-7-14)12-16-10-8-15(2)9-11-16/h3-7,13H,8-12H2,1-2H3/t13-/m0/s1. The van der Waals surface area contributed by atoms with E-state index >= 15 is 0 Å². The molecule has 1 saturated heterocycles. The third-order valence-electron chi connectivity index (χ3n) is 3.50. The molecule has 2 rings (SSSR count). The summed E-state index contributed by atoms with van der Waals surface area (Å²) in [4.78, 5) is 4.99. The summed E-state index contributed by atoms with van der Waals surface area (Å²) in [5.74, 6) is 0.643. The zero-order valence-corrected chi connectivity index (χ0v) is 10.4. The molecule has 1 aromatic rings. The van der Waals surface area contributed by atoms with Crippen LogP contribution in [0.15, 0.2) is 30.3 Å². The maximum atomic E-state index is 2.58. The summed E-state index contributed by atoms with van der Waals surface area (Å²) in [6.07, 6.45) is 0. The SMILES string of the molecule is C[C@@H](CN1CCN(C)CC1)c1ccccc1. The smallest absolute Gasteiger partial charge is 0.0110 e. The van der Waals surface area contributed by atoms with Crippen LogP contribution in [0.5, 0.6) is 0 Å². The highest BCUT2D eigenvalue weighted by Gasteiger charge is 2.16. The first kappa shape index (κ1) is 11.6. The summed E-state index contributed by atoms with van der Waals surface area (Å²) in [6.45, 7) is 8.37. The minimum absolute atomic E-state index is 0.643. The molecule has 0 aliphatic carbocycles. The van der Waals surface area contributed by atoms with Gasteiger partial charge >= 0.3 is 0 Å². The number of piperazine rings is 1. The molecule has 0 unspecified atom stereocenters. The maximum Gasteiger partial charge on any atom is 0.0110 e. The third-order valence-corrected chi connectivity index (χ3v) is 3.50. The monoisotopic (exact) mass is 218 g/mol. The fraction of sp³-hybridized carbons (Fsp3) is 0.571. The van der Waals surface area contributed by atoms with Crippen molar-refractivity contribution in [1.82, 2.24) is 9.80 Å². The van der Waals surface area contributed by atoms with Crippen LogP contribution in [0, 0.1) is 0 Å². The number of nitrogens with zero attached hydrogens (tertiary/aromatic N) is 2. The van der Waals surface area contributed by atoms with Gasteiger partial charge < -0.3 is 9.80 Å². The number of benzene rings is 1. The van der Waals surface area contributed by atoms with Gasteiger partial charge in [0, 0.05) is 32.7 Å². The molecule has 0 spiro atoms. The van der Waals surface area contributed by atoms with Gasteiger partial charge in [0.25, 0.3) is 0 Å². The van der Waals surface area contributed by atoms with Gasteiger partial charge in [0.1, 0.15) is 0 Å². The molecular weight excluding hydrogens is 196 g/mol. The Labute approximate surface area is 98.9 Å². The third kappa shape index (κ3) is 3.06. The molecule has 1 fully saturated rings. The number of likely N-dealkylation sites (N-methyl/N-ethyl adjacent to an activating group) is 1. The Hall–Kier alpha value is -0.860. The van der Waals surface area contributed by atoms with Gasteiger partial charge in [0.05, 0.1) is 0 Å². The van der Waals surface area contributed by atoms with Gasteiger partial charge in [-0.15, -0.1) is 0 Å². The normalized spacial score (nSPS) is 20.9. The molecule has 1 heterocycles. The largest absolute Gasteiger partial charge is 0.304 e. The second-order valence-electron chi connectivity index (χ2n) is 4.92. The van der Waals surface area contributed by atoms with E-state index in [1.807, 2.05) is 0 Å². The topological polar surface area (TPSA) is 6.48 Å². The Morgan fingerprint density at radius 1 is 1.06 bits per heavy atom. The van der Waals surface area contributed by atoms with Crippen molar-refractivity contribution in [3.8, 4) is 0 Å². The molecule has 2 nitrogen and oxygen atoms in total. The first-order valence-electron chi connectivity index (χ1n) is 6.21. The molecule has 1 atom stereocenters. The molecule has 1 aliphatic rings. The van der Waals surface area contributed by atoms with Crippen molar-refractivity contribution in [2.45, 2.75) is 12.8 Å². The van der Waals surface area contributed by atoms with Crippen molar-refractivity contribution in [2.75, 3.05) is 39.8 Å². The van der Waals surface area contributed by atoms with Crippen LogP contribution in [0.3, 0.4) is 0 Å². The molecule has 0 aromatic heterocycles. The number of hydrogen-bond donors (Lipinski definition) is 0. The van der Waals surface area contributed by atoms with Crippen LogP contribution >= 0.6 is 0 Å². The second-order valence-corrected chi connectivity index (χ2v) is 4.92. The fourth-order valence-corrected chi connectivity index (χ4v) is 2.30. The highest BCUT2D eigenvalue weighted by Crippen LogP contribution is 2.16. The average Bonchev–Trinajstić information content (AvgIpc) is 2.33. The molecule has 0 N–H and O–H groups in total. The van der Waals surface area contributed by atoms with Gasteiger partial charge in [-0.05, 0) is 18.5 Å². The van der Waals surface area contributed by atoms with Crippen LogP contribution in [-0.2, 0) is 0 Å². The predicted octanol–water partition coefficient (Wildman–Crippen LogP) is 2.04. The summed E-state index contributed by atoms with van der Waals surface area (Å²) in [7, 11) is 2.21. The van der Waals surface area contributed by atoms with E-state index in [1.165, 1.54) is 38.3 Å². The van der Waals surface area contributed by atoms with Gasteiger partial charge in [-0.3, -0.25) is 0 Å². The number of rotatable bonds is 3. The molecule has 2 heteroatoms. The van der Waals surface area contributed by atoms with E-state index in [-0.39, 0.29) is 0 Å². The van der Waals surface area contributed by atoms with Crippen molar-refractivity contribution in [3.05, 3.63) is 35.9 Å². The molecule has 88 valence electrons. The molecule has 0 bridgehead atoms. The van der Waals surface area contributed by atoms with Crippen LogP contribution in [0.4, 0.5) is 0 Å². The average molecular weight is 218 g/mol. The second kappa shape index (κ2) is 5.46. The lowest BCUT2D eigenvalue weighted by molar-refractivity contribution is 0.149. The van der Waals surface area contributed by atoms with E-state index in [0.717, 1.165) is 0 Å². The zero-order valence-electron chi connectivity index (χ0n) is 10.4. The lowest BCUT2D eigenvalue weighted by Gasteiger charge is -2.34. The van der Waals surface area contributed by atoms with E-state index in [0.29, 0.717) is 5.92 Å². The Kier molecular flexibility index (Phi) is 3.97. The Morgan fingerprint density at radius 2 is 1.69 bits per heavy atom. The van der Waals surface area contributed by atoms with E-state index < -0.39 is 0 Å². The number of hydrogen-bond acceptors (Lipinski definition) is 2. The van der Waals surface area contributed by atoms with Gasteiger partial charge in [-0.1, -0.05) is 37.3 Å². The Bertz CT molecular complexity index is 302. The van der Waals surface area contributed by atoms with Crippen LogP contribution in [0.25, 0.3) is 0 Å². The Morgan fingerprint density at radius 3 is 2.31 bits per heavy atom. The van der Waals surface area contributed by atoms with Crippen LogP contribution in [0.1, 0.15) is 18.4 Å². The van der Waals surface area contributed by atoms with Crippen molar-refractivity contribution >= 4 is 0 Å². The lowest BCUT2D eigenvalue weighted by Crippen LogP contribution is -2.45. The highest BCUT2D eigenvalue weighted by atomic mass is 15.2. The quantitative estimate of drug-likeness (QED) is 0.766. The lowest BCUT2D eigenvalue weighted by atomic mass is 10.0. The molecular formula is C14H22N2. The van der Waals surface area contributed by atoms with Crippen molar-refractivity contribution in [3.63, 3.8) is 0 Å². The maximum absolute atomic E-state index is 2.58. The minimum atomic E-state index is 0.643. The molecule has 0 amide bonds. The summed E-state index contributed by atoms with van der Waals surface area (Å²) >= 11 is 0. The van der Waals surface area contributed by atoms with Gasteiger partial charge in [0.15, 0.2) is 0 Å². The summed E-state index contributed by atoms with van der Waals surface area (Å²) in [5.41, 5.74) is 1.46. The van der Waals surface area contributed by atoms with E-state index in [1.54, 1.807) is 0 Å². The molecule has 1 aliphatic heterocycles. The zero-order chi connectivity index (χ0) is 11.4. The summed E-state index contributed by atoms with van der Waals surface area (Å²) in [6, 6.07) is 10.8. The molecule has 0 saturated carbocycles. The van der Waals surface area contributed by atoms with E-state index in [9.17, 15) is 0 Å². The van der Waals surface area contributed by atoms with Crippen LogP contribution in [-0.4, -0.2) is 49.6 Å². The van der Waals surface area contributed by atoms with E-state index in [2.05, 4.69) is 54.1 Å². The minimum Gasteiger partial charge on any atom is -0.304 e. The van der Waals surface area contributed by atoms with Gasteiger partial charge in [-0.25, -0.2) is 0 Å². The fourth-order valence-electron chi connectivity index (χ4n) is 2.30. The van der Waals surface area contributed by atoms with Gasteiger partial charge in [-0.2, -0.15) is 0 Å². The first-order valence-corrected chi connectivity index (χ1v) is 6.21. The van der Waals surface area contributed by atoms with Crippen molar-refractivity contribution in [2.24, 2.45) is 0 Å². The predicted molar refractivity (Wildman–Crippen MR) is 68.8 cm³/mol.